The van der Waals surface area contributed by atoms with Crippen LogP contribution in [0.1, 0.15) is 11.1 Å². The number of hydrogen-bond donors (Lipinski definition) is 0. The van der Waals surface area contributed by atoms with E-state index in [1.54, 1.807) is 0 Å². The topological polar surface area (TPSA) is 3.24 Å². The summed E-state index contributed by atoms with van der Waals surface area (Å²) in [5, 5.41) is 4.09. The highest BCUT2D eigenvalue weighted by molar-refractivity contribution is 6.53. The van der Waals surface area contributed by atoms with Crippen molar-refractivity contribution in [2.75, 3.05) is 0 Å². The number of fused-ring (bicyclic) bond motifs is 2. The van der Waals surface area contributed by atoms with Crippen molar-refractivity contribution in [3.05, 3.63) is 84.1 Å². The number of hydrogen-bond acceptors (Lipinski definition) is 1. The normalized spacial score (nSPS) is 13.4. The summed E-state index contributed by atoms with van der Waals surface area (Å²) in [6, 6.07) is 23.9. The summed E-state index contributed by atoms with van der Waals surface area (Å²) in [6.07, 6.45) is 4.46. The Bertz CT molecular complexity index is 808. The van der Waals surface area contributed by atoms with Gasteiger partial charge in [0.1, 0.15) is 0 Å². The van der Waals surface area contributed by atoms with Crippen LogP contribution in [0.15, 0.2) is 72.9 Å². The van der Waals surface area contributed by atoms with Gasteiger partial charge in [0.25, 0.3) is 0 Å². The lowest BCUT2D eigenvalue weighted by Crippen LogP contribution is -2.35. The Balaban J connectivity index is 1.64. The highest BCUT2D eigenvalue weighted by atomic mass is 28.2. The minimum atomic E-state index is 0.699. The molecule has 1 aliphatic heterocycles. The van der Waals surface area contributed by atoms with E-state index in [4.69, 9.17) is 0 Å². The van der Waals surface area contributed by atoms with Crippen LogP contribution in [0.2, 0.25) is 0 Å². The van der Waals surface area contributed by atoms with Gasteiger partial charge in [0.2, 0.25) is 9.68 Å². The minimum Gasteiger partial charge on any atom is -0.396 e. The third-order valence-electron chi connectivity index (χ3n) is 3.81. The number of nitrogens with zero attached hydrogens (tertiary/aromatic N) is 1. The Kier molecular flexibility index (Phi) is 3.09. The second-order valence-corrected chi connectivity index (χ2v) is 6.66. The molecule has 21 heavy (non-hydrogen) atoms. The van der Waals surface area contributed by atoms with Crippen LogP contribution in [-0.2, 0) is 6.54 Å². The second kappa shape index (κ2) is 5.22. The van der Waals surface area contributed by atoms with Gasteiger partial charge in [-0.05, 0) is 45.4 Å². The van der Waals surface area contributed by atoms with Crippen molar-refractivity contribution in [2.45, 2.75) is 6.54 Å². The van der Waals surface area contributed by atoms with Crippen molar-refractivity contribution in [1.82, 2.24) is 4.57 Å². The van der Waals surface area contributed by atoms with Gasteiger partial charge in [0, 0.05) is 6.54 Å². The molecule has 0 bridgehead atoms. The monoisotopic (exact) mass is 285 g/mol. The van der Waals surface area contributed by atoms with Crippen molar-refractivity contribution < 1.29 is 0 Å². The van der Waals surface area contributed by atoms with Gasteiger partial charge >= 0.3 is 0 Å². The van der Waals surface area contributed by atoms with Gasteiger partial charge < -0.3 is 4.57 Å². The summed E-state index contributed by atoms with van der Waals surface area (Å²) in [7, 11) is 0.699. The smallest absolute Gasteiger partial charge is 0.222 e. The molecule has 1 heterocycles. The van der Waals surface area contributed by atoms with Crippen molar-refractivity contribution in [3.8, 4) is 0 Å². The lowest BCUT2D eigenvalue weighted by Gasteiger charge is -2.24. The van der Waals surface area contributed by atoms with E-state index >= 15 is 0 Å². The van der Waals surface area contributed by atoms with Crippen LogP contribution < -0.4 is 5.19 Å². The fraction of sp³-hybridized carbons (Fsp3) is 0.0526. The highest BCUT2D eigenvalue weighted by Crippen LogP contribution is 2.18. The maximum atomic E-state index is 2.40. The van der Waals surface area contributed by atoms with Crippen molar-refractivity contribution in [1.29, 1.82) is 0 Å². The van der Waals surface area contributed by atoms with Gasteiger partial charge in [-0.1, -0.05) is 60.7 Å². The Labute approximate surface area is 127 Å². The molecule has 0 fully saturated rings. The maximum Gasteiger partial charge on any atom is 0.222 e. The molecule has 1 nitrogen and oxygen atoms in total. The standard InChI is InChI=1S/C19H15NSi/c1-2-6-15(7-3-1)14-20-11-10-18-12-16-8-4-5-9-17(16)13-19(18)21-20/h1-13H,14H2. The van der Waals surface area contributed by atoms with Crippen molar-refractivity contribution in [3.63, 3.8) is 0 Å². The molecule has 2 heteroatoms. The molecular weight excluding hydrogens is 270 g/mol. The summed E-state index contributed by atoms with van der Waals surface area (Å²) in [5.41, 5.74) is 2.72. The first-order chi connectivity index (χ1) is 10.4. The van der Waals surface area contributed by atoms with E-state index in [9.17, 15) is 0 Å². The average Bonchev–Trinajstić information content (AvgIpc) is 2.54. The predicted octanol–water partition coefficient (Wildman–Crippen LogP) is 3.57. The first-order valence-corrected chi connectivity index (χ1v) is 8.11. The van der Waals surface area contributed by atoms with Gasteiger partial charge in [-0.15, -0.1) is 0 Å². The minimum absolute atomic E-state index is 0.699. The third kappa shape index (κ3) is 2.50. The molecule has 2 radical (unpaired) electrons. The van der Waals surface area contributed by atoms with Crippen LogP contribution in [0.3, 0.4) is 0 Å². The van der Waals surface area contributed by atoms with E-state index in [0.717, 1.165) is 6.54 Å². The van der Waals surface area contributed by atoms with E-state index < -0.39 is 0 Å². The summed E-state index contributed by atoms with van der Waals surface area (Å²) in [6.45, 7) is 0.974. The van der Waals surface area contributed by atoms with E-state index in [0.29, 0.717) is 9.68 Å². The Morgan fingerprint density at radius 2 is 1.52 bits per heavy atom. The van der Waals surface area contributed by atoms with Gasteiger partial charge in [-0.25, -0.2) is 0 Å². The molecule has 100 valence electrons. The summed E-state index contributed by atoms with van der Waals surface area (Å²) >= 11 is 0. The number of rotatable bonds is 2. The molecule has 0 saturated carbocycles. The van der Waals surface area contributed by atoms with Gasteiger partial charge in [-0.2, -0.15) is 0 Å². The van der Waals surface area contributed by atoms with Crippen molar-refractivity contribution >= 4 is 31.7 Å². The SMILES string of the molecule is C1=CN(Cc2ccccc2)[Si]c2cc3ccccc3cc21. The van der Waals surface area contributed by atoms with Crippen LogP contribution >= 0.6 is 0 Å². The third-order valence-corrected chi connectivity index (χ3v) is 5.08. The molecule has 3 aromatic rings. The lowest BCUT2D eigenvalue weighted by molar-refractivity contribution is 0.591. The van der Waals surface area contributed by atoms with Crippen LogP contribution in [0.4, 0.5) is 0 Å². The molecule has 3 aromatic carbocycles. The fourth-order valence-electron chi connectivity index (χ4n) is 2.73. The zero-order chi connectivity index (χ0) is 14.1. The van der Waals surface area contributed by atoms with Crippen molar-refractivity contribution in [2.24, 2.45) is 0 Å². The zero-order valence-electron chi connectivity index (χ0n) is 11.7. The van der Waals surface area contributed by atoms with E-state index in [2.05, 4.69) is 83.6 Å². The molecular formula is C19H15NSi. The first-order valence-electron chi connectivity index (χ1n) is 7.17. The maximum absolute atomic E-state index is 2.40. The van der Waals surface area contributed by atoms with Gasteiger partial charge in [0.05, 0.1) is 0 Å². The van der Waals surface area contributed by atoms with Crippen LogP contribution in [0.5, 0.6) is 0 Å². The fourth-order valence-corrected chi connectivity index (χ4v) is 3.95. The Morgan fingerprint density at radius 3 is 2.33 bits per heavy atom. The quantitative estimate of drug-likeness (QED) is 0.651. The molecule has 0 aliphatic carbocycles. The molecule has 1 aliphatic rings. The molecule has 0 amide bonds. The zero-order valence-corrected chi connectivity index (χ0v) is 12.7. The van der Waals surface area contributed by atoms with Crippen LogP contribution in [-0.4, -0.2) is 14.2 Å². The van der Waals surface area contributed by atoms with E-state index in [1.807, 2.05) is 0 Å². The lowest BCUT2D eigenvalue weighted by atomic mass is 10.1. The molecule has 0 saturated heterocycles. The summed E-state index contributed by atoms with van der Waals surface area (Å²) < 4.78 is 2.40. The molecule has 0 aromatic heterocycles. The summed E-state index contributed by atoms with van der Waals surface area (Å²) in [5.74, 6) is 0. The average molecular weight is 285 g/mol. The Morgan fingerprint density at radius 1 is 0.810 bits per heavy atom. The molecule has 0 unspecified atom stereocenters. The van der Waals surface area contributed by atoms with Gasteiger partial charge in [-0.3, -0.25) is 0 Å². The molecule has 0 spiro atoms. The number of benzene rings is 3. The van der Waals surface area contributed by atoms with E-state index in [1.165, 1.54) is 27.1 Å². The first kappa shape index (κ1) is 12.4. The van der Waals surface area contributed by atoms with E-state index in [-0.39, 0.29) is 0 Å². The predicted molar refractivity (Wildman–Crippen MR) is 90.4 cm³/mol. The molecule has 0 atom stereocenters. The van der Waals surface area contributed by atoms with Crippen LogP contribution in [0.25, 0.3) is 16.8 Å². The largest absolute Gasteiger partial charge is 0.396 e. The molecule has 4 rings (SSSR count). The second-order valence-electron chi connectivity index (χ2n) is 5.33. The summed E-state index contributed by atoms with van der Waals surface area (Å²) in [4.78, 5) is 0. The Hall–Kier alpha value is -2.32. The highest BCUT2D eigenvalue weighted by Gasteiger charge is 2.13. The van der Waals surface area contributed by atoms with Crippen LogP contribution in [0, 0.1) is 0 Å². The molecule has 0 N–H and O–H groups in total. The van der Waals surface area contributed by atoms with Gasteiger partial charge in [0.15, 0.2) is 0 Å².